The Bertz CT molecular complexity index is 556. The van der Waals surface area contributed by atoms with Crippen LogP contribution in [0.5, 0.6) is 0 Å². The summed E-state index contributed by atoms with van der Waals surface area (Å²) in [6, 6.07) is 18.1. The largest absolute Gasteiger partial charge is 0.466 e. The van der Waals surface area contributed by atoms with Gasteiger partial charge in [0.25, 0.3) is 0 Å². The van der Waals surface area contributed by atoms with E-state index < -0.39 is 0 Å². The first-order chi connectivity index (χ1) is 8.79. The van der Waals surface area contributed by atoms with Gasteiger partial charge in [-0.15, -0.1) is 0 Å². The highest BCUT2D eigenvalue weighted by molar-refractivity contribution is 5.87. The summed E-state index contributed by atoms with van der Waals surface area (Å²) >= 11 is 0. The van der Waals surface area contributed by atoms with Gasteiger partial charge in [-0.1, -0.05) is 48.5 Å². The highest BCUT2D eigenvalue weighted by atomic mass is 16.5. The van der Waals surface area contributed by atoms with Crippen molar-refractivity contribution in [3.8, 4) is 11.1 Å². The molecule has 0 saturated carbocycles. The fraction of sp³-hybridized carbons (Fsp3) is 0.0625. The van der Waals surface area contributed by atoms with Crippen molar-refractivity contribution in [1.82, 2.24) is 0 Å². The van der Waals surface area contributed by atoms with Crippen molar-refractivity contribution < 1.29 is 9.53 Å². The van der Waals surface area contributed by atoms with Crippen molar-refractivity contribution in [2.24, 2.45) is 0 Å². The Labute approximate surface area is 107 Å². The van der Waals surface area contributed by atoms with Gasteiger partial charge in [0.1, 0.15) is 0 Å². The monoisotopic (exact) mass is 238 g/mol. The molecule has 18 heavy (non-hydrogen) atoms. The third-order valence-corrected chi connectivity index (χ3v) is 2.61. The predicted molar refractivity (Wildman–Crippen MR) is 72.9 cm³/mol. The van der Waals surface area contributed by atoms with Gasteiger partial charge in [0.15, 0.2) is 0 Å². The number of hydrogen-bond donors (Lipinski definition) is 0. The minimum absolute atomic E-state index is 0.347. The number of rotatable bonds is 3. The van der Waals surface area contributed by atoms with Crippen LogP contribution >= 0.6 is 0 Å². The van der Waals surface area contributed by atoms with Crippen molar-refractivity contribution in [1.29, 1.82) is 0 Å². The minimum atomic E-state index is -0.347. The lowest BCUT2D eigenvalue weighted by atomic mass is 10.0. The number of carbonyl (C=O) groups is 1. The Balaban J connectivity index is 2.26. The predicted octanol–water partition coefficient (Wildman–Crippen LogP) is 3.54. The molecular weight excluding hydrogens is 224 g/mol. The molecule has 2 rings (SSSR count). The Kier molecular flexibility index (Phi) is 3.92. The van der Waals surface area contributed by atoms with E-state index in [-0.39, 0.29) is 5.97 Å². The van der Waals surface area contributed by atoms with E-state index in [1.807, 2.05) is 42.5 Å². The normalized spacial score (nSPS) is 10.5. The van der Waals surface area contributed by atoms with Crippen LogP contribution < -0.4 is 0 Å². The molecule has 0 aliphatic heterocycles. The number of methoxy groups -OCH3 is 1. The summed E-state index contributed by atoms with van der Waals surface area (Å²) in [5, 5.41) is 0. The van der Waals surface area contributed by atoms with Crippen LogP contribution in [-0.4, -0.2) is 13.1 Å². The van der Waals surface area contributed by atoms with Crippen LogP contribution in [0.4, 0.5) is 0 Å². The van der Waals surface area contributed by atoms with Crippen molar-refractivity contribution in [2.75, 3.05) is 7.11 Å². The summed E-state index contributed by atoms with van der Waals surface area (Å²) in [6.07, 6.45) is 3.17. The first-order valence-corrected chi connectivity index (χ1v) is 5.71. The third-order valence-electron chi connectivity index (χ3n) is 2.61. The van der Waals surface area contributed by atoms with Crippen LogP contribution in [0.1, 0.15) is 5.56 Å². The van der Waals surface area contributed by atoms with Gasteiger partial charge in [-0.25, -0.2) is 4.79 Å². The molecule has 0 unspecified atom stereocenters. The second-order valence-corrected chi connectivity index (χ2v) is 3.85. The van der Waals surface area contributed by atoms with E-state index in [2.05, 4.69) is 16.9 Å². The first kappa shape index (κ1) is 12.1. The Hall–Kier alpha value is -2.35. The molecule has 0 aromatic heterocycles. The van der Waals surface area contributed by atoms with Crippen LogP contribution in [0.3, 0.4) is 0 Å². The number of esters is 1. The topological polar surface area (TPSA) is 26.3 Å². The van der Waals surface area contributed by atoms with Gasteiger partial charge in [0, 0.05) is 6.08 Å². The van der Waals surface area contributed by atoms with E-state index in [9.17, 15) is 4.79 Å². The van der Waals surface area contributed by atoms with E-state index in [0.29, 0.717) is 0 Å². The Morgan fingerprint density at radius 3 is 2.44 bits per heavy atom. The lowest BCUT2D eigenvalue weighted by Gasteiger charge is -2.02. The van der Waals surface area contributed by atoms with E-state index in [1.54, 1.807) is 6.08 Å². The molecule has 0 saturated heterocycles. The molecule has 0 aliphatic rings. The molecular formula is C16H14O2. The average molecular weight is 238 g/mol. The lowest BCUT2D eigenvalue weighted by Crippen LogP contribution is -1.93. The van der Waals surface area contributed by atoms with E-state index in [0.717, 1.165) is 16.7 Å². The summed E-state index contributed by atoms with van der Waals surface area (Å²) in [7, 11) is 1.37. The van der Waals surface area contributed by atoms with Crippen LogP contribution in [0.2, 0.25) is 0 Å². The van der Waals surface area contributed by atoms with Gasteiger partial charge < -0.3 is 4.74 Å². The maximum Gasteiger partial charge on any atom is 0.330 e. The molecule has 0 spiro atoms. The quantitative estimate of drug-likeness (QED) is 0.604. The van der Waals surface area contributed by atoms with Gasteiger partial charge in [-0.05, 0) is 28.8 Å². The average Bonchev–Trinajstić information content (AvgIpc) is 2.46. The van der Waals surface area contributed by atoms with E-state index >= 15 is 0 Å². The number of hydrogen-bond acceptors (Lipinski definition) is 2. The maximum atomic E-state index is 11.0. The summed E-state index contributed by atoms with van der Waals surface area (Å²) < 4.78 is 4.56. The molecule has 0 amide bonds. The van der Waals surface area contributed by atoms with Crippen molar-refractivity contribution in [3.63, 3.8) is 0 Å². The fourth-order valence-corrected chi connectivity index (χ4v) is 1.68. The van der Waals surface area contributed by atoms with Crippen molar-refractivity contribution in [2.45, 2.75) is 0 Å². The molecule has 2 aromatic rings. The van der Waals surface area contributed by atoms with Crippen LogP contribution in [0.15, 0.2) is 60.7 Å². The van der Waals surface area contributed by atoms with Gasteiger partial charge in [-0.3, -0.25) is 0 Å². The number of ether oxygens (including phenoxy) is 1. The molecule has 0 N–H and O–H groups in total. The van der Waals surface area contributed by atoms with Crippen LogP contribution in [0.25, 0.3) is 17.2 Å². The Morgan fingerprint density at radius 1 is 1.00 bits per heavy atom. The molecule has 0 fully saturated rings. The smallest absolute Gasteiger partial charge is 0.330 e. The number of benzene rings is 2. The zero-order valence-electron chi connectivity index (χ0n) is 10.2. The second kappa shape index (κ2) is 5.82. The molecule has 90 valence electrons. The van der Waals surface area contributed by atoms with Gasteiger partial charge in [0.2, 0.25) is 0 Å². The molecule has 2 aromatic carbocycles. The summed E-state index contributed by atoms with van der Waals surface area (Å²) in [5.41, 5.74) is 3.26. The van der Waals surface area contributed by atoms with Crippen molar-refractivity contribution in [3.05, 3.63) is 66.2 Å². The molecule has 0 atom stereocenters. The van der Waals surface area contributed by atoms with E-state index in [4.69, 9.17) is 0 Å². The standard InChI is InChI=1S/C16H14O2/c1-18-16(17)11-10-13-6-5-9-15(12-13)14-7-3-2-4-8-14/h2-12H,1H3. The second-order valence-electron chi connectivity index (χ2n) is 3.85. The first-order valence-electron chi connectivity index (χ1n) is 5.71. The highest BCUT2D eigenvalue weighted by Gasteiger charge is 1.97. The molecule has 0 bridgehead atoms. The van der Waals surface area contributed by atoms with E-state index in [1.165, 1.54) is 13.2 Å². The fourth-order valence-electron chi connectivity index (χ4n) is 1.68. The number of carbonyl (C=O) groups excluding carboxylic acids is 1. The molecule has 0 aliphatic carbocycles. The molecule has 0 heterocycles. The van der Waals surface area contributed by atoms with Crippen molar-refractivity contribution >= 4 is 12.0 Å². The summed E-state index contributed by atoms with van der Waals surface area (Å²) in [4.78, 5) is 11.0. The van der Waals surface area contributed by atoms with Crippen LogP contribution in [-0.2, 0) is 9.53 Å². The maximum absolute atomic E-state index is 11.0. The zero-order valence-corrected chi connectivity index (χ0v) is 10.2. The third kappa shape index (κ3) is 3.08. The van der Waals surface area contributed by atoms with Gasteiger partial charge in [0.05, 0.1) is 7.11 Å². The highest BCUT2D eigenvalue weighted by Crippen LogP contribution is 2.20. The van der Waals surface area contributed by atoms with Gasteiger partial charge in [-0.2, -0.15) is 0 Å². The molecule has 2 heteroatoms. The van der Waals surface area contributed by atoms with Gasteiger partial charge >= 0.3 is 5.97 Å². The summed E-state index contributed by atoms with van der Waals surface area (Å²) in [5.74, 6) is -0.347. The zero-order chi connectivity index (χ0) is 12.8. The van der Waals surface area contributed by atoms with Crippen LogP contribution in [0, 0.1) is 0 Å². The molecule has 2 nitrogen and oxygen atoms in total. The lowest BCUT2D eigenvalue weighted by molar-refractivity contribution is -0.134. The SMILES string of the molecule is COC(=O)C=Cc1cccc(-c2ccccc2)c1. The Morgan fingerprint density at radius 2 is 1.72 bits per heavy atom. The summed E-state index contributed by atoms with van der Waals surface area (Å²) in [6.45, 7) is 0. The minimum Gasteiger partial charge on any atom is -0.466 e. The molecule has 0 radical (unpaired) electrons.